The highest BCUT2D eigenvalue weighted by Gasteiger charge is 2.38. The van der Waals surface area contributed by atoms with Gasteiger partial charge in [0.2, 0.25) is 0 Å². The second-order valence-corrected chi connectivity index (χ2v) is 9.70. The smallest absolute Gasteiger partial charge is 0.434 e. The summed E-state index contributed by atoms with van der Waals surface area (Å²) in [5.41, 5.74) is 2.83. The molecular formula is C27H27Cl2N5O4. The molecule has 5 rings (SSSR count). The fraction of sp³-hybridized carbons (Fsp3) is 0.296. The number of rotatable bonds is 5. The number of para-hydroxylation sites is 1. The summed E-state index contributed by atoms with van der Waals surface area (Å²) in [6.45, 7) is 6.21. The molecule has 2 aliphatic heterocycles. The van der Waals surface area contributed by atoms with E-state index in [2.05, 4.69) is 27.4 Å². The summed E-state index contributed by atoms with van der Waals surface area (Å²) in [5, 5.41) is 8.36. The number of nitrogens with zero attached hydrogens (tertiary/aromatic N) is 4. The first kappa shape index (κ1) is 25.9. The van der Waals surface area contributed by atoms with Crippen LogP contribution in [0.4, 0.5) is 16.3 Å². The van der Waals surface area contributed by atoms with E-state index in [0.717, 1.165) is 5.69 Å². The third-order valence-electron chi connectivity index (χ3n) is 6.64. The molecule has 1 atom stereocenters. The van der Waals surface area contributed by atoms with Gasteiger partial charge < -0.3 is 24.6 Å². The lowest BCUT2D eigenvalue weighted by Crippen LogP contribution is -2.50. The summed E-state index contributed by atoms with van der Waals surface area (Å²) in [4.78, 5) is 30.2. The summed E-state index contributed by atoms with van der Waals surface area (Å²) in [6, 6.07) is 14.7. The molecule has 3 heterocycles. The maximum absolute atomic E-state index is 14.1. The van der Waals surface area contributed by atoms with Crippen molar-refractivity contribution in [2.24, 2.45) is 0 Å². The number of piperazine rings is 1. The van der Waals surface area contributed by atoms with Gasteiger partial charge in [0.15, 0.2) is 11.6 Å². The van der Waals surface area contributed by atoms with Gasteiger partial charge in [-0.2, -0.15) is 5.10 Å². The Morgan fingerprint density at radius 1 is 1.05 bits per heavy atom. The topological polar surface area (TPSA) is 88.9 Å². The normalized spacial score (nSPS) is 17.1. The highest BCUT2D eigenvalue weighted by molar-refractivity contribution is 6.42. The lowest BCUT2D eigenvalue weighted by molar-refractivity contribution is -0.128. The third kappa shape index (κ3) is 4.91. The van der Waals surface area contributed by atoms with Crippen molar-refractivity contribution in [3.05, 3.63) is 81.6 Å². The van der Waals surface area contributed by atoms with Gasteiger partial charge in [-0.3, -0.25) is 4.79 Å². The number of amides is 1. The molecule has 1 saturated heterocycles. The molecular weight excluding hydrogens is 529 g/mol. The fourth-order valence-corrected chi connectivity index (χ4v) is 5.23. The zero-order chi connectivity index (χ0) is 26.8. The molecule has 198 valence electrons. The number of ether oxygens (including phenoxy) is 2. The lowest BCUT2D eigenvalue weighted by atomic mass is 9.94. The van der Waals surface area contributed by atoms with Crippen LogP contribution in [0.5, 0.6) is 5.75 Å². The minimum atomic E-state index is -0.845. The van der Waals surface area contributed by atoms with Gasteiger partial charge in [-0.1, -0.05) is 53.5 Å². The molecule has 0 radical (unpaired) electrons. The molecule has 0 saturated carbocycles. The monoisotopic (exact) mass is 555 g/mol. The molecule has 9 nitrogen and oxygen atoms in total. The highest BCUT2D eigenvalue weighted by Crippen LogP contribution is 2.44. The number of hydrogen-bond acceptors (Lipinski definition) is 7. The molecule has 0 bridgehead atoms. The first-order valence-electron chi connectivity index (χ1n) is 12.3. The summed E-state index contributed by atoms with van der Waals surface area (Å²) in [7, 11) is 0. The van der Waals surface area contributed by atoms with Crippen LogP contribution < -0.4 is 15.0 Å². The van der Waals surface area contributed by atoms with Crippen molar-refractivity contribution in [1.82, 2.24) is 14.7 Å². The van der Waals surface area contributed by atoms with Crippen LogP contribution in [0.25, 0.3) is 0 Å². The third-order valence-corrected chi connectivity index (χ3v) is 7.47. The van der Waals surface area contributed by atoms with Gasteiger partial charge in [-0.25, -0.2) is 9.48 Å². The van der Waals surface area contributed by atoms with Gasteiger partial charge in [0.1, 0.15) is 6.04 Å². The fourth-order valence-electron chi connectivity index (χ4n) is 4.82. The van der Waals surface area contributed by atoms with Crippen LogP contribution in [0, 0.1) is 0 Å². The highest BCUT2D eigenvalue weighted by atomic mass is 35.5. The molecule has 2 aromatic carbocycles. The molecule has 1 N–H and O–H groups in total. The summed E-state index contributed by atoms with van der Waals surface area (Å²) >= 11 is 13.0. The van der Waals surface area contributed by atoms with Crippen molar-refractivity contribution in [3.63, 3.8) is 0 Å². The molecule has 11 heteroatoms. The van der Waals surface area contributed by atoms with E-state index in [1.54, 1.807) is 23.7 Å². The molecule has 1 fully saturated rings. The second-order valence-electron chi connectivity index (χ2n) is 8.91. The zero-order valence-electron chi connectivity index (χ0n) is 21.0. The first-order chi connectivity index (χ1) is 18.4. The number of halogens is 2. The van der Waals surface area contributed by atoms with E-state index in [9.17, 15) is 9.59 Å². The van der Waals surface area contributed by atoms with E-state index in [-0.39, 0.29) is 18.3 Å². The maximum atomic E-state index is 14.1. The molecule has 1 aromatic heterocycles. The van der Waals surface area contributed by atoms with Crippen LogP contribution in [0.15, 0.2) is 66.0 Å². The number of anilines is 2. The Kier molecular flexibility index (Phi) is 7.49. The Balaban J connectivity index is 1.48. The summed E-state index contributed by atoms with van der Waals surface area (Å²) < 4.78 is 11.9. The van der Waals surface area contributed by atoms with Gasteiger partial charge in [-0.05, 0) is 32.0 Å². The molecule has 1 amide bonds. The summed E-state index contributed by atoms with van der Waals surface area (Å²) in [6.07, 6.45) is 0.562. The Bertz CT molecular complexity index is 1380. The van der Waals surface area contributed by atoms with Crippen molar-refractivity contribution in [1.29, 1.82) is 0 Å². The predicted molar refractivity (Wildman–Crippen MR) is 146 cm³/mol. The SMILES string of the molecule is CCOC(=O)Oc1cnn2c1NC(C)=C(C(=O)N1CCN(c3ccccc3)CC1)C2c1cccc(Cl)c1Cl. The van der Waals surface area contributed by atoms with Crippen LogP contribution >= 0.6 is 23.2 Å². The average molecular weight is 556 g/mol. The van der Waals surface area contributed by atoms with E-state index < -0.39 is 12.2 Å². The first-order valence-corrected chi connectivity index (χ1v) is 13.1. The molecule has 0 aliphatic carbocycles. The maximum Gasteiger partial charge on any atom is 0.514 e. The van der Waals surface area contributed by atoms with E-state index in [1.807, 2.05) is 36.1 Å². The Morgan fingerprint density at radius 3 is 2.50 bits per heavy atom. The zero-order valence-corrected chi connectivity index (χ0v) is 22.5. The van der Waals surface area contributed by atoms with Gasteiger partial charge in [0.25, 0.3) is 5.91 Å². The molecule has 2 aliphatic rings. The van der Waals surface area contributed by atoms with Crippen molar-refractivity contribution in [3.8, 4) is 5.75 Å². The number of hydrogen-bond donors (Lipinski definition) is 1. The van der Waals surface area contributed by atoms with E-state index >= 15 is 0 Å². The van der Waals surface area contributed by atoms with Crippen LogP contribution in [0.3, 0.4) is 0 Å². The standard InChI is InChI=1S/C27H27Cl2N5O4/c1-3-37-27(36)38-21-16-30-34-24(19-10-7-11-20(28)23(19)29)22(17(2)31-25(21)34)26(35)33-14-12-32(13-15-33)18-8-5-4-6-9-18/h4-11,16,24,31H,3,12-15H2,1-2H3. The van der Waals surface area contributed by atoms with Crippen molar-refractivity contribution in [2.75, 3.05) is 43.0 Å². The largest absolute Gasteiger partial charge is 0.514 e. The number of allylic oxidation sites excluding steroid dienone is 1. The van der Waals surface area contributed by atoms with Crippen LogP contribution in [0.2, 0.25) is 10.0 Å². The quantitative estimate of drug-likeness (QED) is 0.423. The number of benzene rings is 2. The second kappa shape index (κ2) is 11.0. The lowest BCUT2D eigenvalue weighted by Gasteiger charge is -2.38. The average Bonchev–Trinajstić information content (AvgIpc) is 3.31. The van der Waals surface area contributed by atoms with E-state index in [0.29, 0.717) is 58.9 Å². The number of carbonyl (C=O) groups is 2. The van der Waals surface area contributed by atoms with E-state index in [1.165, 1.54) is 6.20 Å². The minimum absolute atomic E-state index is 0.127. The van der Waals surface area contributed by atoms with Gasteiger partial charge in [0.05, 0.1) is 28.4 Å². The number of nitrogens with one attached hydrogen (secondary N) is 1. The van der Waals surface area contributed by atoms with Crippen LogP contribution in [-0.2, 0) is 9.53 Å². The molecule has 3 aromatic rings. The van der Waals surface area contributed by atoms with Gasteiger partial charge in [0, 0.05) is 43.1 Å². The Hall–Kier alpha value is -3.69. The number of carbonyl (C=O) groups excluding carboxylic acids is 2. The molecule has 0 spiro atoms. The number of aromatic nitrogens is 2. The number of fused-ring (bicyclic) bond motifs is 1. The van der Waals surface area contributed by atoms with Gasteiger partial charge >= 0.3 is 6.16 Å². The van der Waals surface area contributed by atoms with Crippen LogP contribution in [-0.4, -0.2) is 59.5 Å². The predicted octanol–water partition coefficient (Wildman–Crippen LogP) is 5.36. The van der Waals surface area contributed by atoms with Crippen molar-refractivity contribution in [2.45, 2.75) is 19.9 Å². The minimum Gasteiger partial charge on any atom is -0.434 e. The molecule has 38 heavy (non-hydrogen) atoms. The Morgan fingerprint density at radius 2 is 1.79 bits per heavy atom. The van der Waals surface area contributed by atoms with Crippen molar-refractivity contribution >= 4 is 46.8 Å². The molecule has 1 unspecified atom stereocenters. The summed E-state index contributed by atoms with van der Waals surface area (Å²) in [5.74, 6) is 0.453. The Labute approximate surface area is 230 Å². The van der Waals surface area contributed by atoms with Gasteiger partial charge in [-0.15, -0.1) is 0 Å². The van der Waals surface area contributed by atoms with Crippen molar-refractivity contribution < 1.29 is 19.1 Å². The van der Waals surface area contributed by atoms with Crippen LogP contribution in [0.1, 0.15) is 25.5 Å². The van der Waals surface area contributed by atoms with E-state index in [4.69, 9.17) is 32.7 Å².